The Morgan fingerprint density at radius 2 is 1.94 bits per heavy atom. The highest BCUT2D eigenvalue weighted by Gasteiger charge is 1.98. The van der Waals surface area contributed by atoms with Crippen molar-refractivity contribution in [2.45, 2.75) is 19.4 Å². The second kappa shape index (κ2) is 16.1. The van der Waals surface area contributed by atoms with E-state index in [1.54, 1.807) is 0 Å². The molecule has 0 aromatic carbocycles. The normalized spacial score (nSPS) is 11.1. The van der Waals surface area contributed by atoms with Crippen molar-refractivity contribution in [2.75, 3.05) is 40.1 Å². The molecule has 0 aliphatic heterocycles. The van der Waals surface area contributed by atoms with E-state index in [2.05, 4.69) is 11.3 Å². The Bertz CT molecular complexity index is 195. The smallest absolute Gasteiger partial charge is 0.329 e. The zero-order valence-corrected chi connectivity index (χ0v) is 11.1. The average molecular weight is 264 g/mol. The number of hydrogen-bond donors (Lipinski definition) is 2. The zero-order chi connectivity index (χ0) is 14.2. The molecule has 0 saturated heterocycles. The Morgan fingerprint density at radius 1 is 1.33 bits per heavy atom. The molecule has 6 nitrogen and oxygen atoms in total. The number of esters is 1. The second-order valence-corrected chi connectivity index (χ2v) is 3.20. The molecule has 0 bridgehead atoms. The first-order chi connectivity index (χ1) is 8.62. The van der Waals surface area contributed by atoms with Crippen molar-refractivity contribution in [1.82, 2.24) is 0 Å². The van der Waals surface area contributed by atoms with Gasteiger partial charge in [-0.1, -0.05) is 13.5 Å². The Morgan fingerprint density at radius 3 is 2.33 bits per heavy atom. The summed E-state index contributed by atoms with van der Waals surface area (Å²) in [4.78, 5) is 9.84. The zero-order valence-electron chi connectivity index (χ0n) is 11.1. The summed E-state index contributed by atoms with van der Waals surface area (Å²) in [6, 6.07) is 0. The van der Waals surface area contributed by atoms with Gasteiger partial charge in [0.25, 0.3) is 0 Å². The van der Waals surface area contributed by atoms with E-state index in [0.29, 0.717) is 32.8 Å². The molecule has 1 atom stereocenters. The number of carbonyl (C=O) groups is 1. The third kappa shape index (κ3) is 17.4. The molecular formula is C12H24O6. The van der Waals surface area contributed by atoms with Crippen LogP contribution >= 0.6 is 0 Å². The quantitative estimate of drug-likeness (QED) is 0.350. The number of aliphatic hydroxyl groups is 2. The van der Waals surface area contributed by atoms with E-state index >= 15 is 0 Å². The van der Waals surface area contributed by atoms with Gasteiger partial charge in [-0.3, -0.25) is 0 Å². The third-order valence-corrected chi connectivity index (χ3v) is 1.76. The van der Waals surface area contributed by atoms with Crippen molar-refractivity contribution < 1.29 is 29.2 Å². The minimum Gasteiger partial charge on any atom is -0.466 e. The summed E-state index contributed by atoms with van der Waals surface area (Å²) in [5.41, 5.74) is 0. The van der Waals surface area contributed by atoms with Crippen LogP contribution in [0.15, 0.2) is 12.7 Å². The Labute approximate surface area is 108 Å². The molecule has 6 heteroatoms. The monoisotopic (exact) mass is 264 g/mol. The second-order valence-electron chi connectivity index (χ2n) is 3.20. The minimum absolute atomic E-state index is 0.0393. The van der Waals surface area contributed by atoms with Crippen LogP contribution in [-0.4, -0.2) is 62.4 Å². The SMILES string of the molecule is C=CC(=O)OC.CCC(O)COCCOCCO. The molecule has 0 aromatic rings. The molecule has 18 heavy (non-hydrogen) atoms. The maximum absolute atomic E-state index is 9.84. The molecule has 0 aliphatic rings. The van der Waals surface area contributed by atoms with Crippen LogP contribution in [0.5, 0.6) is 0 Å². The maximum Gasteiger partial charge on any atom is 0.329 e. The topological polar surface area (TPSA) is 85.2 Å². The number of rotatable bonds is 9. The predicted molar refractivity (Wildman–Crippen MR) is 67.2 cm³/mol. The van der Waals surface area contributed by atoms with Crippen LogP contribution in [-0.2, 0) is 19.0 Å². The Kier molecular flexibility index (Phi) is 17.3. The minimum atomic E-state index is -0.394. The molecule has 0 aromatic heterocycles. The van der Waals surface area contributed by atoms with Crippen molar-refractivity contribution >= 4 is 5.97 Å². The lowest BCUT2D eigenvalue weighted by Gasteiger charge is -2.08. The molecule has 108 valence electrons. The molecule has 1 unspecified atom stereocenters. The van der Waals surface area contributed by atoms with Gasteiger partial charge in [0.05, 0.1) is 46.2 Å². The maximum atomic E-state index is 9.84. The molecule has 0 saturated carbocycles. The van der Waals surface area contributed by atoms with Crippen LogP contribution in [0.1, 0.15) is 13.3 Å². The van der Waals surface area contributed by atoms with Crippen LogP contribution < -0.4 is 0 Å². The first-order valence-electron chi connectivity index (χ1n) is 5.77. The van der Waals surface area contributed by atoms with Gasteiger partial charge < -0.3 is 24.4 Å². The summed E-state index contributed by atoms with van der Waals surface area (Å²) in [6.45, 7) is 6.74. The molecule has 0 fully saturated rings. The van der Waals surface area contributed by atoms with E-state index in [-0.39, 0.29) is 12.7 Å². The van der Waals surface area contributed by atoms with Gasteiger partial charge in [0.1, 0.15) is 0 Å². The van der Waals surface area contributed by atoms with Gasteiger partial charge in [-0.2, -0.15) is 0 Å². The van der Waals surface area contributed by atoms with Crippen LogP contribution in [0, 0.1) is 0 Å². The first kappa shape index (κ1) is 19.4. The fraction of sp³-hybridized carbons (Fsp3) is 0.750. The van der Waals surface area contributed by atoms with Crippen LogP contribution in [0.25, 0.3) is 0 Å². The molecule has 0 heterocycles. The number of carbonyl (C=O) groups excluding carboxylic acids is 1. The number of ether oxygens (including phenoxy) is 3. The van der Waals surface area contributed by atoms with Crippen molar-refractivity contribution in [3.05, 3.63) is 12.7 Å². The molecule has 2 N–H and O–H groups in total. The van der Waals surface area contributed by atoms with Crippen LogP contribution in [0.3, 0.4) is 0 Å². The Hall–Kier alpha value is -0.950. The van der Waals surface area contributed by atoms with Crippen molar-refractivity contribution in [3.63, 3.8) is 0 Å². The summed E-state index contributed by atoms with van der Waals surface area (Å²) < 4.78 is 14.2. The lowest BCUT2D eigenvalue weighted by molar-refractivity contribution is -0.134. The number of aliphatic hydroxyl groups excluding tert-OH is 2. The lowest BCUT2D eigenvalue weighted by atomic mass is 10.3. The van der Waals surface area contributed by atoms with Gasteiger partial charge in [-0.25, -0.2) is 4.79 Å². The van der Waals surface area contributed by atoms with E-state index in [1.165, 1.54) is 7.11 Å². The highest BCUT2D eigenvalue weighted by atomic mass is 16.5. The van der Waals surface area contributed by atoms with Crippen molar-refractivity contribution in [3.8, 4) is 0 Å². The average Bonchev–Trinajstić information content (AvgIpc) is 2.42. The van der Waals surface area contributed by atoms with Crippen LogP contribution in [0.2, 0.25) is 0 Å². The van der Waals surface area contributed by atoms with Gasteiger partial charge in [0.15, 0.2) is 0 Å². The molecule has 0 rings (SSSR count). The molecule has 0 radical (unpaired) electrons. The number of methoxy groups -OCH3 is 1. The van der Waals surface area contributed by atoms with Crippen molar-refractivity contribution in [1.29, 1.82) is 0 Å². The summed E-state index contributed by atoms with van der Waals surface area (Å²) >= 11 is 0. The van der Waals surface area contributed by atoms with E-state index in [0.717, 1.165) is 6.08 Å². The summed E-state index contributed by atoms with van der Waals surface area (Å²) in [7, 11) is 1.31. The van der Waals surface area contributed by atoms with Gasteiger partial charge in [0, 0.05) is 6.08 Å². The van der Waals surface area contributed by atoms with Gasteiger partial charge in [-0.15, -0.1) is 0 Å². The lowest BCUT2D eigenvalue weighted by Crippen LogP contribution is -2.16. The highest BCUT2D eigenvalue weighted by molar-refractivity contribution is 5.80. The standard InChI is InChI=1S/C8H18O4.C4H6O2/c1-2-8(10)7-12-6-5-11-4-3-9;1-3-4(5)6-2/h8-10H,2-7H2,1H3;3H,1H2,2H3. The Balaban J connectivity index is 0. The molecule has 0 aliphatic carbocycles. The molecular weight excluding hydrogens is 240 g/mol. The fourth-order valence-electron chi connectivity index (χ4n) is 0.705. The molecule has 0 spiro atoms. The first-order valence-corrected chi connectivity index (χ1v) is 5.77. The highest BCUT2D eigenvalue weighted by Crippen LogP contribution is 1.90. The van der Waals surface area contributed by atoms with E-state index in [1.807, 2.05) is 6.92 Å². The van der Waals surface area contributed by atoms with Crippen molar-refractivity contribution in [2.24, 2.45) is 0 Å². The molecule has 0 amide bonds. The summed E-state index contributed by atoms with van der Waals surface area (Å²) in [5.74, 6) is -0.394. The summed E-state index contributed by atoms with van der Waals surface area (Å²) in [5, 5.41) is 17.4. The summed E-state index contributed by atoms with van der Waals surface area (Å²) in [6.07, 6.45) is 1.44. The van der Waals surface area contributed by atoms with Gasteiger partial charge in [0.2, 0.25) is 0 Å². The predicted octanol–water partition coefficient (Wildman–Crippen LogP) is 0.128. The number of hydrogen-bond acceptors (Lipinski definition) is 6. The fourth-order valence-corrected chi connectivity index (χ4v) is 0.705. The largest absolute Gasteiger partial charge is 0.466 e. The van der Waals surface area contributed by atoms with E-state index in [9.17, 15) is 4.79 Å². The van der Waals surface area contributed by atoms with Gasteiger partial charge in [-0.05, 0) is 6.42 Å². The van der Waals surface area contributed by atoms with Gasteiger partial charge >= 0.3 is 5.97 Å². The van der Waals surface area contributed by atoms with Crippen LogP contribution in [0.4, 0.5) is 0 Å². The van der Waals surface area contributed by atoms with E-state index in [4.69, 9.17) is 19.7 Å². The third-order valence-electron chi connectivity index (χ3n) is 1.76. The van der Waals surface area contributed by atoms with E-state index < -0.39 is 5.97 Å².